The van der Waals surface area contributed by atoms with Crippen molar-refractivity contribution in [1.82, 2.24) is 4.90 Å². The molecule has 0 amide bonds. The molecule has 4 rings (SSSR count). The Morgan fingerprint density at radius 3 is 2.35 bits per heavy atom. The zero-order valence-corrected chi connectivity index (χ0v) is 17.5. The van der Waals surface area contributed by atoms with Crippen molar-refractivity contribution in [3.05, 3.63) is 77.5 Å². The number of nitrogens with zero attached hydrogens (tertiary/aromatic N) is 2. The highest BCUT2D eigenvalue weighted by Gasteiger charge is 2.30. The highest BCUT2D eigenvalue weighted by atomic mass is 79.9. The lowest BCUT2D eigenvalue weighted by Gasteiger charge is -2.24. The number of benzene rings is 2. The van der Waals surface area contributed by atoms with Crippen molar-refractivity contribution in [3.8, 4) is 0 Å². The highest BCUT2D eigenvalue weighted by Crippen LogP contribution is 2.43. The van der Waals surface area contributed by atoms with Crippen LogP contribution in [0.25, 0.3) is 4.91 Å². The van der Waals surface area contributed by atoms with Crippen molar-refractivity contribution in [2.45, 2.75) is 32.1 Å². The van der Waals surface area contributed by atoms with E-state index in [9.17, 15) is 0 Å². The number of thioether (sulfide) groups is 1. The van der Waals surface area contributed by atoms with Gasteiger partial charge < -0.3 is 4.90 Å². The Kier molecular flexibility index (Phi) is 6.98. The summed E-state index contributed by atoms with van der Waals surface area (Å²) in [5.41, 5.74) is 4.19. The van der Waals surface area contributed by atoms with Crippen molar-refractivity contribution in [1.29, 1.82) is 0 Å². The summed E-state index contributed by atoms with van der Waals surface area (Å²) in [6.45, 7) is 2.07. The number of fused-ring (bicyclic) bond motifs is 1. The molecule has 0 fully saturated rings. The summed E-state index contributed by atoms with van der Waals surface area (Å²) < 4.78 is 0. The van der Waals surface area contributed by atoms with Crippen molar-refractivity contribution < 1.29 is 0 Å². The van der Waals surface area contributed by atoms with Crippen molar-refractivity contribution in [3.63, 3.8) is 0 Å². The minimum atomic E-state index is 0. The van der Waals surface area contributed by atoms with E-state index in [1.807, 2.05) is 11.8 Å². The number of aliphatic imine (C=N–C) groups is 1. The van der Waals surface area contributed by atoms with Crippen molar-refractivity contribution >= 4 is 38.8 Å². The molecule has 2 aromatic rings. The number of hydrogen-bond acceptors (Lipinski definition) is 3. The Labute approximate surface area is 171 Å². The molecule has 136 valence electrons. The van der Waals surface area contributed by atoms with Crippen molar-refractivity contribution in [2.75, 3.05) is 13.1 Å². The number of hydrogen-bond donors (Lipinski definition) is 0. The Hall–Kier alpha value is -1.52. The van der Waals surface area contributed by atoms with Crippen molar-refractivity contribution in [2.24, 2.45) is 4.99 Å². The van der Waals surface area contributed by atoms with Gasteiger partial charge in [-0.2, -0.15) is 0 Å². The number of amidine groups is 1. The van der Waals surface area contributed by atoms with Crippen LogP contribution in [0.2, 0.25) is 0 Å². The average molecular weight is 429 g/mol. The highest BCUT2D eigenvalue weighted by molar-refractivity contribution is 8.93. The minimum absolute atomic E-state index is 0. The second kappa shape index (κ2) is 9.43. The summed E-state index contributed by atoms with van der Waals surface area (Å²) in [6.07, 6.45) is 5.91. The van der Waals surface area contributed by atoms with Crippen LogP contribution in [-0.2, 0) is 6.42 Å². The molecule has 0 bridgehead atoms. The van der Waals surface area contributed by atoms with Crippen LogP contribution in [0.15, 0.2) is 71.4 Å². The lowest BCUT2D eigenvalue weighted by atomic mass is 10.0. The number of halogens is 1. The molecule has 2 aromatic carbocycles. The topological polar surface area (TPSA) is 15.6 Å². The standard InChI is InChI=1S/C22H24N2S.BrH/c1-4-10-18(11-5-1)14-15-20-21(19-12-6-2-7-13-19)25-22-23-16-8-3-9-17-24(20)22;/h1-2,4-7,10-13H,3,8-9,14-17H2;1H. The molecule has 0 atom stereocenters. The van der Waals surface area contributed by atoms with Gasteiger partial charge in [-0.05, 0) is 55.0 Å². The molecule has 2 aliphatic heterocycles. The molecular weight excluding hydrogens is 404 g/mol. The van der Waals surface area contributed by atoms with Crippen LogP contribution in [0.1, 0.15) is 36.8 Å². The monoisotopic (exact) mass is 428 g/mol. The van der Waals surface area contributed by atoms with Gasteiger partial charge in [-0.1, -0.05) is 60.7 Å². The van der Waals surface area contributed by atoms with Crippen LogP contribution in [-0.4, -0.2) is 23.2 Å². The molecule has 2 heterocycles. The van der Waals surface area contributed by atoms with Gasteiger partial charge in [0.25, 0.3) is 0 Å². The van der Waals surface area contributed by atoms with E-state index in [0.29, 0.717) is 0 Å². The fraction of sp³-hybridized carbons (Fsp3) is 0.318. The molecule has 26 heavy (non-hydrogen) atoms. The first-order chi connectivity index (χ1) is 12.4. The van der Waals surface area contributed by atoms with Crippen LogP contribution >= 0.6 is 28.7 Å². The molecule has 0 radical (unpaired) electrons. The maximum Gasteiger partial charge on any atom is 0.168 e. The summed E-state index contributed by atoms with van der Waals surface area (Å²) in [7, 11) is 0. The largest absolute Gasteiger partial charge is 0.324 e. The Balaban J connectivity index is 0.00000196. The number of aryl methyl sites for hydroxylation is 1. The van der Waals surface area contributed by atoms with Crippen LogP contribution in [0.5, 0.6) is 0 Å². The maximum atomic E-state index is 4.89. The van der Waals surface area contributed by atoms with E-state index in [0.717, 1.165) is 25.9 Å². The van der Waals surface area contributed by atoms with Crippen LogP contribution < -0.4 is 0 Å². The average Bonchev–Trinajstić information content (AvgIpc) is 2.98. The third-order valence-corrected chi connectivity index (χ3v) is 6.04. The third kappa shape index (κ3) is 4.41. The van der Waals surface area contributed by atoms with E-state index in [2.05, 4.69) is 65.6 Å². The van der Waals surface area contributed by atoms with Gasteiger partial charge in [0.1, 0.15) is 0 Å². The molecule has 0 saturated carbocycles. The Bertz CT molecular complexity index is 771. The van der Waals surface area contributed by atoms with Gasteiger partial charge in [0.15, 0.2) is 5.17 Å². The van der Waals surface area contributed by atoms with E-state index < -0.39 is 0 Å². The van der Waals surface area contributed by atoms with Crippen LogP contribution in [0.4, 0.5) is 0 Å². The molecule has 0 spiro atoms. The normalized spacial score (nSPS) is 17.1. The number of rotatable bonds is 4. The molecule has 2 nitrogen and oxygen atoms in total. The maximum absolute atomic E-state index is 4.89. The molecule has 2 aliphatic rings. The van der Waals surface area contributed by atoms with E-state index in [4.69, 9.17) is 4.99 Å². The molecule has 4 heteroatoms. The van der Waals surface area contributed by atoms with E-state index in [1.165, 1.54) is 46.2 Å². The lowest BCUT2D eigenvalue weighted by molar-refractivity contribution is 0.463. The SMILES string of the molecule is Br.c1ccc(CCC2=C(c3ccccc3)SC3=NCCCCCN32)cc1. The molecule has 0 aliphatic carbocycles. The first-order valence-corrected chi connectivity index (χ1v) is 10.1. The summed E-state index contributed by atoms with van der Waals surface area (Å²) in [5, 5.41) is 1.21. The van der Waals surface area contributed by atoms with Gasteiger partial charge in [-0.3, -0.25) is 4.99 Å². The van der Waals surface area contributed by atoms with Gasteiger partial charge in [0.05, 0.1) is 0 Å². The lowest BCUT2D eigenvalue weighted by Crippen LogP contribution is -2.27. The summed E-state index contributed by atoms with van der Waals surface area (Å²) >= 11 is 1.87. The second-order valence-corrected chi connectivity index (χ2v) is 7.58. The minimum Gasteiger partial charge on any atom is -0.324 e. The van der Waals surface area contributed by atoms with Gasteiger partial charge in [-0.25, -0.2) is 0 Å². The first kappa shape index (κ1) is 19.2. The summed E-state index contributed by atoms with van der Waals surface area (Å²) in [4.78, 5) is 8.79. The van der Waals surface area contributed by atoms with E-state index in [1.54, 1.807) is 0 Å². The predicted molar refractivity (Wildman–Crippen MR) is 119 cm³/mol. The molecule has 0 aromatic heterocycles. The van der Waals surface area contributed by atoms with Crippen LogP contribution in [0, 0.1) is 0 Å². The van der Waals surface area contributed by atoms with E-state index in [-0.39, 0.29) is 17.0 Å². The third-order valence-electron chi connectivity index (χ3n) is 4.83. The Morgan fingerprint density at radius 2 is 1.58 bits per heavy atom. The van der Waals surface area contributed by atoms with E-state index >= 15 is 0 Å². The summed E-state index contributed by atoms with van der Waals surface area (Å²) in [5.74, 6) is 0. The second-order valence-electron chi connectivity index (χ2n) is 6.61. The quantitative estimate of drug-likeness (QED) is 0.579. The molecular formula is C22H25BrN2S. The fourth-order valence-electron chi connectivity index (χ4n) is 3.50. The zero-order chi connectivity index (χ0) is 16.9. The fourth-order valence-corrected chi connectivity index (χ4v) is 4.73. The Morgan fingerprint density at radius 1 is 0.846 bits per heavy atom. The zero-order valence-electron chi connectivity index (χ0n) is 14.9. The summed E-state index contributed by atoms with van der Waals surface area (Å²) in [6, 6.07) is 21.6. The van der Waals surface area contributed by atoms with Gasteiger partial charge in [0.2, 0.25) is 0 Å². The van der Waals surface area contributed by atoms with Crippen LogP contribution in [0.3, 0.4) is 0 Å². The molecule has 0 unspecified atom stereocenters. The molecule has 0 saturated heterocycles. The number of allylic oxidation sites excluding steroid dienone is 1. The molecule has 0 N–H and O–H groups in total. The van der Waals surface area contributed by atoms with Gasteiger partial charge in [0, 0.05) is 23.7 Å². The van der Waals surface area contributed by atoms with Gasteiger partial charge >= 0.3 is 0 Å². The first-order valence-electron chi connectivity index (χ1n) is 9.24. The smallest absolute Gasteiger partial charge is 0.168 e. The predicted octanol–water partition coefficient (Wildman–Crippen LogP) is 6.15. The van der Waals surface area contributed by atoms with Gasteiger partial charge in [-0.15, -0.1) is 17.0 Å².